The van der Waals surface area contributed by atoms with Crippen LogP contribution >= 0.6 is 0 Å². The van der Waals surface area contributed by atoms with Crippen LogP contribution in [0.3, 0.4) is 0 Å². The van der Waals surface area contributed by atoms with Crippen molar-refractivity contribution in [3.8, 4) is 22.6 Å². The quantitative estimate of drug-likeness (QED) is 0.492. The van der Waals surface area contributed by atoms with Gasteiger partial charge in [-0.1, -0.05) is 57.2 Å². The number of aryl methyl sites for hydroxylation is 1. The van der Waals surface area contributed by atoms with Crippen LogP contribution in [-0.2, 0) is 16.6 Å². The monoisotopic (exact) mass is 427 g/mol. The number of amides is 1. The Hall–Kier alpha value is -3.27. The summed E-state index contributed by atoms with van der Waals surface area (Å²) in [6, 6.07) is 20.7. The molecule has 164 valence electrons. The molecule has 0 unspecified atom stereocenters. The van der Waals surface area contributed by atoms with Crippen molar-refractivity contribution in [2.45, 2.75) is 51.4 Å². The van der Waals surface area contributed by atoms with Gasteiger partial charge in [0, 0.05) is 5.69 Å². The summed E-state index contributed by atoms with van der Waals surface area (Å²) in [6.07, 6.45) is 2.63. The fourth-order valence-electron chi connectivity index (χ4n) is 4.68. The molecule has 4 heteroatoms. The van der Waals surface area contributed by atoms with Crippen LogP contribution in [0.4, 0.5) is 5.69 Å². The van der Waals surface area contributed by atoms with Crippen LogP contribution < -0.4 is 14.8 Å². The Morgan fingerprint density at radius 1 is 0.969 bits per heavy atom. The first-order valence-corrected chi connectivity index (χ1v) is 11.5. The average Bonchev–Trinajstić information content (AvgIpc) is 3.50. The van der Waals surface area contributed by atoms with Crippen LogP contribution in [0.5, 0.6) is 11.5 Å². The first kappa shape index (κ1) is 20.6. The number of carbonyl (C=O) groups is 1. The summed E-state index contributed by atoms with van der Waals surface area (Å²) in [7, 11) is 0. The molecular weight excluding hydrogens is 398 g/mol. The molecule has 0 bridgehead atoms. The van der Waals surface area contributed by atoms with Crippen LogP contribution in [0.1, 0.15) is 56.2 Å². The van der Waals surface area contributed by atoms with E-state index in [2.05, 4.69) is 62.5 Å². The maximum absolute atomic E-state index is 13.4. The molecule has 5 rings (SSSR count). The van der Waals surface area contributed by atoms with Crippen molar-refractivity contribution in [2.75, 3.05) is 12.1 Å². The Morgan fingerprint density at radius 2 is 1.75 bits per heavy atom. The number of ether oxygens (including phenoxy) is 2. The number of anilines is 1. The minimum absolute atomic E-state index is 0.0451. The van der Waals surface area contributed by atoms with E-state index in [1.807, 2.05) is 24.3 Å². The lowest BCUT2D eigenvalue weighted by atomic mass is 9.89. The summed E-state index contributed by atoms with van der Waals surface area (Å²) in [4.78, 5) is 13.4. The fourth-order valence-corrected chi connectivity index (χ4v) is 4.68. The number of benzene rings is 3. The number of hydrogen-bond donors (Lipinski definition) is 1. The molecule has 1 aliphatic carbocycles. The lowest BCUT2D eigenvalue weighted by Gasteiger charge is -2.19. The zero-order valence-electron chi connectivity index (χ0n) is 18.9. The lowest BCUT2D eigenvalue weighted by Crippen LogP contribution is -2.27. The highest BCUT2D eigenvalue weighted by molar-refractivity contribution is 6.02. The van der Waals surface area contributed by atoms with Gasteiger partial charge in [0.1, 0.15) is 0 Å². The zero-order valence-corrected chi connectivity index (χ0v) is 18.9. The van der Waals surface area contributed by atoms with Gasteiger partial charge < -0.3 is 14.8 Å². The third-order valence-electron chi connectivity index (χ3n) is 6.73. The molecule has 2 aliphatic rings. The van der Waals surface area contributed by atoms with E-state index in [-0.39, 0.29) is 12.7 Å². The normalized spacial score (nSPS) is 15.6. The van der Waals surface area contributed by atoms with Gasteiger partial charge in [-0.05, 0) is 77.3 Å². The van der Waals surface area contributed by atoms with Gasteiger partial charge in [-0.3, -0.25) is 4.79 Å². The van der Waals surface area contributed by atoms with Crippen LogP contribution in [-0.4, -0.2) is 12.7 Å². The van der Waals surface area contributed by atoms with Crippen molar-refractivity contribution in [3.05, 3.63) is 77.4 Å². The number of nitrogens with one attached hydrogen (secondary N) is 1. The smallest absolute Gasteiger partial charge is 0.235 e. The van der Waals surface area contributed by atoms with Gasteiger partial charge in [-0.15, -0.1) is 0 Å². The molecule has 0 saturated heterocycles. The molecule has 3 aromatic rings. The number of rotatable bonds is 6. The Bertz CT molecular complexity index is 1180. The molecule has 0 aromatic heterocycles. The summed E-state index contributed by atoms with van der Waals surface area (Å²) in [6.45, 7) is 6.85. The zero-order chi connectivity index (χ0) is 22.3. The summed E-state index contributed by atoms with van der Waals surface area (Å²) in [5.41, 5.74) is 6.40. The minimum Gasteiger partial charge on any atom is -0.454 e. The number of fused-ring (bicyclic) bond motifs is 1. The van der Waals surface area contributed by atoms with Crippen LogP contribution in [0.2, 0.25) is 0 Å². The summed E-state index contributed by atoms with van der Waals surface area (Å²) in [5.74, 6) is 1.94. The summed E-state index contributed by atoms with van der Waals surface area (Å²) < 4.78 is 11.0. The van der Waals surface area contributed by atoms with Crippen LogP contribution in [0.15, 0.2) is 60.7 Å². The van der Waals surface area contributed by atoms with Crippen molar-refractivity contribution in [1.29, 1.82) is 0 Å². The molecule has 1 heterocycles. The predicted molar refractivity (Wildman–Crippen MR) is 127 cm³/mol. The highest BCUT2D eigenvalue weighted by Gasteiger charge is 2.51. The molecule has 1 saturated carbocycles. The number of carbonyl (C=O) groups excluding carboxylic acids is 1. The van der Waals surface area contributed by atoms with Gasteiger partial charge in [0.05, 0.1) is 5.41 Å². The SMILES string of the molecule is CCc1ccc(NC(=O)C2(c3ccc4c(c3)OCO4)CC2)cc1-c1ccccc1C(C)C. The molecule has 1 amide bonds. The van der Waals surface area contributed by atoms with Gasteiger partial charge in [0.25, 0.3) is 0 Å². The highest BCUT2D eigenvalue weighted by atomic mass is 16.7. The topological polar surface area (TPSA) is 47.6 Å². The van der Waals surface area contributed by atoms with E-state index in [4.69, 9.17) is 9.47 Å². The Kier molecular flexibility index (Phi) is 5.16. The molecule has 32 heavy (non-hydrogen) atoms. The van der Waals surface area contributed by atoms with Gasteiger partial charge in [0.15, 0.2) is 11.5 Å². The maximum atomic E-state index is 13.4. The van der Waals surface area contributed by atoms with Crippen LogP contribution in [0.25, 0.3) is 11.1 Å². The third-order valence-corrected chi connectivity index (χ3v) is 6.73. The summed E-state index contributed by atoms with van der Waals surface area (Å²) in [5, 5.41) is 3.21. The van der Waals surface area contributed by atoms with Crippen LogP contribution in [0, 0.1) is 0 Å². The molecule has 0 atom stereocenters. The molecule has 0 spiro atoms. The Balaban J connectivity index is 1.45. The highest BCUT2D eigenvalue weighted by Crippen LogP contribution is 2.51. The molecule has 0 radical (unpaired) electrons. The molecule has 3 aromatic carbocycles. The van der Waals surface area contributed by atoms with Gasteiger partial charge >= 0.3 is 0 Å². The van der Waals surface area contributed by atoms with Crippen molar-refractivity contribution in [1.82, 2.24) is 0 Å². The molecule has 1 aliphatic heterocycles. The first-order valence-electron chi connectivity index (χ1n) is 11.5. The van der Waals surface area contributed by atoms with E-state index in [0.717, 1.165) is 42.0 Å². The van der Waals surface area contributed by atoms with E-state index >= 15 is 0 Å². The third kappa shape index (κ3) is 3.54. The summed E-state index contributed by atoms with van der Waals surface area (Å²) >= 11 is 0. The second-order valence-corrected chi connectivity index (χ2v) is 9.07. The van der Waals surface area contributed by atoms with E-state index in [0.29, 0.717) is 5.92 Å². The fraction of sp³-hybridized carbons (Fsp3) is 0.321. The van der Waals surface area contributed by atoms with E-state index in [1.54, 1.807) is 0 Å². The van der Waals surface area contributed by atoms with Crippen molar-refractivity contribution >= 4 is 11.6 Å². The van der Waals surface area contributed by atoms with E-state index < -0.39 is 5.41 Å². The van der Waals surface area contributed by atoms with Gasteiger partial charge in [0.2, 0.25) is 12.7 Å². The van der Waals surface area contributed by atoms with Gasteiger partial charge in [-0.2, -0.15) is 0 Å². The predicted octanol–water partition coefficient (Wildman–Crippen LogP) is 6.44. The van der Waals surface area contributed by atoms with E-state index in [9.17, 15) is 4.79 Å². The lowest BCUT2D eigenvalue weighted by molar-refractivity contribution is -0.118. The molecular formula is C28H29NO3. The average molecular weight is 428 g/mol. The minimum atomic E-state index is -0.486. The second kappa shape index (κ2) is 8.01. The largest absolute Gasteiger partial charge is 0.454 e. The Morgan fingerprint density at radius 3 is 2.50 bits per heavy atom. The Labute approximate surface area is 189 Å². The second-order valence-electron chi connectivity index (χ2n) is 9.07. The van der Waals surface area contributed by atoms with Crippen molar-refractivity contribution in [3.63, 3.8) is 0 Å². The van der Waals surface area contributed by atoms with E-state index in [1.165, 1.54) is 22.3 Å². The molecule has 1 N–H and O–H groups in total. The van der Waals surface area contributed by atoms with Gasteiger partial charge in [-0.25, -0.2) is 0 Å². The number of hydrogen-bond acceptors (Lipinski definition) is 3. The maximum Gasteiger partial charge on any atom is 0.235 e. The van der Waals surface area contributed by atoms with Crippen molar-refractivity contribution in [2.24, 2.45) is 0 Å². The first-order chi connectivity index (χ1) is 15.5. The molecule has 1 fully saturated rings. The molecule has 4 nitrogen and oxygen atoms in total. The van der Waals surface area contributed by atoms with Crippen molar-refractivity contribution < 1.29 is 14.3 Å². The standard InChI is InChI=1S/C28H29NO3/c1-4-19-9-11-21(16-24(19)23-8-6-5-7-22(23)18(2)3)29-27(30)28(13-14-28)20-10-12-25-26(15-20)32-17-31-25/h5-12,15-16,18H,4,13-14,17H2,1-3H3,(H,29,30).